The highest BCUT2D eigenvalue weighted by atomic mass is 16.5. The van der Waals surface area contributed by atoms with Gasteiger partial charge in [0.15, 0.2) is 0 Å². The highest BCUT2D eigenvalue weighted by Crippen LogP contribution is 2.17. The second-order valence-corrected chi connectivity index (χ2v) is 4.47. The summed E-state index contributed by atoms with van der Waals surface area (Å²) in [5.41, 5.74) is 1.05. The third-order valence-electron chi connectivity index (χ3n) is 2.47. The normalized spacial score (nSPS) is 10.7. The summed E-state index contributed by atoms with van der Waals surface area (Å²) in [5.74, 6) is 1.77. The van der Waals surface area contributed by atoms with E-state index in [1.807, 2.05) is 20.8 Å². The maximum atomic E-state index is 5.48. The van der Waals surface area contributed by atoms with Crippen LogP contribution in [0.3, 0.4) is 0 Å². The van der Waals surface area contributed by atoms with Crippen LogP contribution in [0.4, 0.5) is 11.6 Å². The van der Waals surface area contributed by atoms with Gasteiger partial charge in [-0.3, -0.25) is 0 Å². The standard InChI is InChI=1S/C13H24N4O/c1-5-6-14-12-11(4)13(17-9-16-12)15-7-8-18-10(2)3/h9-10H,5-8H2,1-4H3,(H2,14,15,16,17). The third-order valence-corrected chi connectivity index (χ3v) is 2.47. The lowest BCUT2D eigenvalue weighted by Gasteiger charge is -2.13. The van der Waals surface area contributed by atoms with E-state index in [0.717, 1.165) is 36.7 Å². The van der Waals surface area contributed by atoms with Crippen LogP contribution in [0.25, 0.3) is 0 Å². The van der Waals surface area contributed by atoms with Gasteiger partial charge in [0.25, 0.3) is 0 Å². The first-order valence-corrected chi connectivity index (χ1v) is 6.56. The van der Waals surface area contributed by atoms with Gasteiger partial charge in [-0.1, -0.05) is 6.92 Å². The van der Waals surface area contributed by atoms with Crippen LogP contribution in [-0.2, 0) is 4.74 Å². The van der Waals surface area contributed by atoms with Gasteiger partial charge in [0.2, 0.25) is 0 Å². The summed E-state index contributed by atoms with van der Waals surface area (Å²) in [6.07, 6.45) is 2.92. The molecule has 0 aliphatic rings. The molecule has 1 aromatic heterocycles. The number of ether oxygens (including phenoxy) is 1. The first-order valence-electron chi connectivity index (χ1n) is 6.56. The second-order valence-electron chi connectivity index (χ2n) is 4.47. The predicted molar refractivity (Wildman–Crippen MR) is 75.1 cm³/mol. The number of nitrogens with one attached hydrogen (secondary N) is 2. The number of anilines is 2. The average molecular weight is 252 g/mol. The number of nitrogens with zero attached hydrogens (tertiary/aromatic N) is 2. The van der Waals surface area contributed by atoms with Gasteiger partial charge in [-0.15, -0.1) is 0 Å². The molecule has 0 aromatic carbocycles. The molecular weight excluding hydrogens is 228 g/mol. The zero-order valence-electron chi connectivity index (χ0n) is 11.8. The van der Waals surface area contributed by atoms with Crippen LogP contribution >= 0.6 is 0 Å². The first kappa shape index (κ1) is 14.7. The highest BCUT2D eigenvalue weighted by molar-refractivity contribution is 5.56. The van der Waals surface area contributed by atoms with Crippen molar-refractivity contribution in [1.82, 2.24) is 9.97 Å². The number of rotatable bonds is 8. The summed E-state index contributed by atoms with van der Waals surface area (Å²) in [7, 11) is 0. The monoisotopic (exact) mass is 252 g/mol. The molecule has 5 nitrogen and oxygen atoms in total. The van der Waals surface area contributed by atoms with Gasteiger partial charge in [0, 0.05) is 18.7 Å². The van der Waals surface area contributed by atoms with E-state index in [1.165, 1.54) is 0 Å². The molecule has 2 N–H and O–H groups in total. The summed E-state index contributed by atoms with van der Waals surface area (Å²) in [6.45, 7) is 10.6. The lowest BCUT2D eigenvalue weighted by Crippen LogP contribution is -2.15. The fraction of sp³-hybridized carbons (Fsp3) is 0.692. The molecule has 0 spiro atoms. The quantitative estimate of drug-likeness (QED) is 0.696. The summed E-state index contributed by atoms with van der Waals surface area (Å²) in [6, 6.07) is 0. The van der Waals surface area contributed by atoms with Crippen LogP contribution < -0.4 is 10.6 Å². The van der Waals surface area contributed by atoms with Crippen molar-refractivity contribution in [3.8, 4) is 0 Å². The molecular formula is C13H24N4O. The van der Waals surface area contributed by atoms with Crippen LogP contribution in [0.15, 0.2) is 6.33 Å². The van der Waals surface area contributed by atoms with Crippen molar-refractivity contribution in [2.45, 2.75) is 40.2 Å². The Morgan fingerprint density at radius 3 is 2.33 bits per heavy atom. The summed E-state index contributed by atoms with van der Waals surface area (Å²) < 4.78 is 5.48. The van der Waals surface area contributed by atoms with E-state index in [-0.39, 0.29) is 6.10 Å². The van der Waals surface area contributed by atoms with E-state index in [4.69, 9.17) is 4.74 Å². The topological polar surface area (TPSA) is 59.1 Å². The molecule has 0 aliphatic heterocycles. The van der Waals surface area contributed by atoms with Gasteiger partial charge in [-0.05, 0) is 27.2 Å². The van der Waals surface area contributed by atoms with E-state index in [1.54, 1.807) is 6.33 Å². The Kier molecular flexibility index (Phi) is 6.43. The molecule has 0 atom stereocenters. The first-order chi connectivity index (χ1) is 8.65. The molecule has 0 saturated heterocycles. The Hall–Kier alpha value is -1.36. The van der Waals surface area contributed by atoms with Crippen molar-refractivity contribution in [3.05, 3.63) is 11.9 Å². The number of hydrogen-bond donors (Lipinski definition) is 2. The van der Waals surface area contributed by atoms with E-state index in [9.17, 15) is 0 Å². The Bertz CT molecular complexity index is 355. The van der Waals surface area contributed by atoms with Crippen molar-refractivity contribution in [1.29, 1.82) is 0 Å². The Labute approximate surface area is 109 Å². The lowest BCUT2D eigenvalue weighted by molar-refractivity contribution is 0.0870. The van der Waals surface area contributed by atoms with Crippen LogP contribution in [0.1, 0.15) is 32.8 Å². The minimum Gasteiger partial charge on any atom is -0.377 e. The van der Waals surface area contributed by atoms with E-state index in [0.29, 0.717) is 6.61 Å². The zero-order valence-corrected chi connectivity index (χ0v) is 11.8. The summed E-state index contributed by atoms with van der Waals surface area (Å²) in [4.78, 5) is 8.49. The highest BCUT2D eigenvalue weighted by Gasteiger charge is 2.05. The molecule has 5 heteroatoms. The van der Waals surface area contributed by atoms with Crippen molar-refractivity contribution in [2.75, 3.05) is 30.3 Å². The minimum absolute atomic E-state index is 0.264. The van der Waals surface area contributed by atoms with Crippen molar-refractivity contribution in [3.63, 3.8) is 0 Å². The molecule has 18 heavy (non-hydrogen) atoms. The molecule has 0 bridgehead atoms. The fourth-order valence-electron chi connectivity index (χ4n) is 1.51. The Morgan fingerprint density at radius 2 is 1.78 bits per heavy atom. The van der Waals surface area contributed by atoms with Gasteiger partial charge >= 0.3 is 0 Å². The average Bonchev–Trinajstić information content (AvgIpc) is 2.34. The molecule has 0 saturated carbocycles. The van der Waals surface area contributed by atoms with Gasteiger partial charge in [-0.2, -0.15) is 0 Å². The maximum Gasteiger partial charge on any atom is 0.134 e. The third kappa shape index (κ3) is 4.87. The smallest absolute Gasteiger partial charge is 0.134 e. The van der Waals surface area contributed by atoms with Crippen molar-refractivity contribution >= 4 is 11.6 Å². The molecule has 0 amide bonds. The van der Waals surface area contributed by atoms with Crippen LogP contribution in [0.2, 0.25) is 0 Å². The van der Waals surface area contributed by atoms with Crippen LogP contribution in [0, 0.1) is 6.92 Å². The van der Waals surface area contributed by atoms with E-state index < -0.39 is 0 Å². The van der Waals surface area contributed by atoms with Crippen molar-refractivity contribution < 1.29 is 4.74 Å². The predicted octanol–water partition coefficient (Wildman–Crippen LogP) is 2.44. The van der Waals surface area contributed by atoms with Crippen molar-refractivity contribution in [2.24, 2.45) is 0 Å². The molecule has 0 fully saturated rings. The van der Waals surface area contributed by atoms with Gasteiger partial charge in [0.05, 0.1) is 12.7 Å². The number of hydrogen-bond acceptors (Lipinski definition) is 5. The van der Waals surface area contributed by atoms with Gasteiger partial charge < -0.3 is 15.4 Å². The Morgan fingerprint density at radius 1 is 1.17 bits per heavy atom. The summed E-state index contributed by atoms with van der Waals surface area (Å²) in [5, 5.41) is 6.56. The minimum atomic E-state index is 0.264. The lowest BCUT2D eigenvalue weighted by atomic mass is 10.3. The molecule has 0 radical (unpaired) electrons. The molecule has 0 unspecified atom stereocenters. The molecule has 102 valence electrons. The van der Waals surface area contributed by atoms with Crippen LogP contribution in [0.5, 0.6) is 0 Å². The van der Waals surface area contributed by atoms with Gasteiger partial charge in [-0.25, -0.2) is 9.97 Å². The zero-order chi connectivity index (χ0) is 13.4. The fourth-order valence-corrected chi connectivity index (χ4v) is 1.51. The van der Waals surface area contributed by atoms with E-state index in [2.05, 4.69) is 27.5 Å². The molecule has 1 aromatic rings. The number of aromatic nitrogens is 2. The molecule has 1 heterocycles. The molecule has 0 aliphatic carbocycles. The second kappa shape index (κ2) is 7.87. The SMILES string of the molecule is CCCNc1ncnc(NCCOC(C)C)c1C. The van der Waals surface area contributed by atoms with Gasteiger partial charge in [0.1, 0.15) is 18.0 Å². The summed E-state index contributed by atoms with van der Waals surface area (Å²) >= 11 is 0. The largest absolute Gasteiger partial charge is 0.377 e. The van der Waals surface area contributed by atoms with Crippen LogP contribution in [-0.4, -0.2) is 35.8 Å². The molecule has 1 rings (SSSR count). The maximum absolute atomic E-state index is 5.48. The Balaban J connectivity index is 2.49. The van der Waals surface area contributed by atoms with E-state index >= 15 is 0 Å².